The van der Waals surface area contributed by atoms with Crippen molar-refractivity contribution < 1.29 is 28.5 Å². The van der Waals surface area contributed by atoms with E-state index in [9.17, 15) is 9.59 Å². The summed E-state index contributed by atoms with van der Waals surface area (Å²) < 4.78 is 20.9. The first-order valence-corrected chi connectivity index (χ1v) is 9.32. The summed E-state index contributed by atoms with van der Waals surface area (Å²) in [5, 5.41) is 3.18. The van der Waals surface area contributed by atoms with Gasteiger partial charge in [-0.3, -0.25) is 4.79 Å². The number of hydrogen-bond donors (Lipinski definition) is 1. The Morgan fingerprint density at radius 2 is 1.52 bits per heavy atom. The maximum atomic E-state index is 12.6. The number of methoxy groups -OCH3 is 3. The van der Waals surface area contributed by atoms with Crippen molar-refractivity contribution in [3.05, 3.63) is 44.9 Å². The van der Waals surface area contributed by atoms with E-state index in [1.807, 2.05) is 0 Å². The van der Waals surface area contributed by atoms with Crippen molar-refractivity contribution in [1.29, 1.82) is 0 Å². The first-order chi connectivity index (χ1) is 13.7. The molecule has 2 aromatic carbocycles. The molecule has 10 heteroatoms. The van der Waals surface area contributed by atoms with Crippen LogP contribution in [0.15, 0.2) is 24.3 Å². The Morgan fingerprint density at radius 3 is 2.10 bits per heavy atom. The van der Waals surface area contributed by atoms with Crippen molar-refractivity contribution >= 4 is 52.4 Å². The van der Waals surface area contributed by atoms with Crippen LogP contribution in [0.5, 0.6) is 17.2 Å². The van der Waals surface area contributed by atoms with Gasteiger partial charge in [-0.15, -0.1) is 0 Å². The third-order valence-electron chi connectivity index (χ3n) is 3.84. The molecule has 156 valence electrons. The van der Waals surface area contributed by atoms with E-state index in [2.05, 4.69) is 5.32 Å². The van der Waals surface area contributed by atoms with Crippen molar-refractivity contribution in [2.24, 2.45) is 0 Å². The molecule has 0 aromatic heterocycles. The number of ether oxygens (including phenoxy) is 4. The fourth-order valence-electron chi connectivity index (χ4n) is 2.39. The van der Waals surface area contributed by atoms with E-state index in [4.69, 9.17) is 53.8 Å². The highest BCUT2D eigenvalue weighted by Crippen LogP contribution is 2.40. The lowest BCUT2D eigenvalue weighted by atomic mass is 10.1. The molecule has 1 amide bonds. The second-order valence-corrected chi connectivity index (χ2v) is 6.89. The highest BCUT2D eigenvalue weighted by atomic mass is 35.5. The van der Waals surface area contributed by atoms with Crippen LogP contribution in [0.2, 0.25) is 15.1 Å². The molecule has 0 saturated carbocycles. The summed E-state index contributed by atoms with van der Waals surface area (Å²) in [7, 11) is 4.24. The minimum atomic E-state index is -1.15. The predicted molar refractivity (Wildman–Crippen MR) is 111 cm³/mol. The van der Waals surface area contributed by atoms with Crippen LogP contribution >= 0.6 is 34.8 Å². The fraction of sp³-hybridized carbons (Fsp3) is 0.263. The van der Waals surface area contributed by atoms with Gasteiger partial charge in [0.2, 0.25) is 5.75 Å². The lowest BCUT2D eigenvalue weighted by Crippen LogP contribution is -2.30. The van der Waals surface area contributed by atoms with E-state index >= 15 is 0 Å². The Bertz CT molecular complexity index is 935. The molecule has 0 saturated heterocycles. The smallest absolute Gasteiger partial charge is 0.342 e. The number of halogens is 3. The van der Waals surface area contributed by atoms with Gasteiger partial charge in [0.05, 0.1) is 42.1 Å². The van der Waals surface area contributed by atoms with E-state index in [0.29, 0.717) is 5.75 Å². The molecule has 0 bridgehead atoms. The van der Waals surface area contributed by atoms with Crippen molar-refractivity contribution in [2.45, 2.75) is 13.0 Å². The summed E-state index contributed by atoms with van der Waals surface area (Å²) in [4.78, 5) is 25.0. The molecule has 1 atom stereocenters. The predicted octanol–water partition coefficient (Wildman–Crippen LogP) is 4.86. The van der Waals surface area contributed by atoms with E-state index in [-0.39, 0.29) is 37.8 Å². The topological polar surface area (TPSA) is 83.1 Å². The Hall–Kier alpha value is -2.35. The summed E-state index contributed by atoms with van der Waals surface area (Å²) in [6.07, 6.45) is -1.15. The van der Waals surface area contributed by atoms with Gasteiger partial charge in [0, 0.05) is 0 Å². The number of carbonyl (C=O) groups excluding carboxylic acids is 2. The average Bonchev–Trinajstić information content (AvgIpc) is 2.70. The zero-order valence-corrected chi connectivity index (χ0v) is 18.2. The normalized spacial score (nSPS) is 11.4. The van der Waals surface area contributed by atoms with E-state index < -0.39 is 18.0 Å². The van der Waals surface area contributed by atoms with Crippen LogP contribution in [0.3, 0.4) is 0 Å². The number of amides is 1. The number of hydrogen-bond acceptors (Lipinski definition) is 6. The number of anilines is 1. The van der Waals surface area contributed by atoms with Gasteiger partial charge in [-0.05, 0) is 31.2 Å². The van der Waals surface area contributed by atoms with Crippen LogP contribution in [0.25, 0.3) is 0 Å². The van der Waals surface area contributed by atoms with Crippen molar-refractivity contribution in [2.75, 3.05) is 26.6 Å². The standard InChI is InChI=1S/C19H18Cl3NO6/c1-9(18(24)23-14-8-12(21)11(20)7-13(14)22)29-19(25)10-5-6-15(26-2)17(28-4)16(10)27-3/h5-9H,1-4H3,(H,23,24). The second kappa shape index (κ2) is 9.91. The molecule has 1 N–H and O–H groups in total. The highest BCUT2D eigenvalue weighted by molar-refractivity contribution is 6.44. The lowest BCUT2D eigenvalue weighted by molar-refractivity contribution is -0.123. The molecular weight excluding hydrogens is 445 g/mol. The van der Waals surface area contributed by atoms with Crippen LogP contribution < -0.4 is 19.5 Å². The molecule has 2 aromatic rings. The molecular formula is C19H18Cl3NO6. The zero-order chi connectivity index (χ0) is 21.7. The highest BCUT2D eigenvalue weighted by Gasteiger charge is 2.25. The minimum Gasteiger partial charge on any atom is -0.493 e. The Morgan fingerprint density at radius 1 is 0.897 bits per heavy atom. The Labute approximate surface area is 182 Å². The quantitative estimate of drug-likeness (QED) is 0.467. The van der Waals surface area contributed by atoms with Gasteiger partial charge in [-0.2, -0.15) is 0 Å². The molecule has 0 radical (unpaired) electrons. The van der Waals surface area contributed by atoms with Crippen molar-refractivity contribution in [3.63, 3.8) is 0 Å². The third-order valence-corrected chi connectivity index (χ3v) is 4.88. The van der Waals surface area contributed by atoms with Crippen LogP contribution in [-0.2, 0) is 9.53 Å². The molecule has 0 aliphatic rings. The van der Waals surface area contributed by atoms with E-state index in [1.54, 1.807) is 0 Å². The summed E-state index contributed by atoms with van der Waals surface area (Å²) >= 11 is 17.8. The number of esters is 1. The second-order valence-electron chi connectivity index (χ2n) is 5.66. The minimum absolute atomic E-state index is 0.0670. The molecule has 7 nitrogen and oxygen atoms in total. The maximum absolute atomic E-state index is 12.6. The maximum Gasteiger partial charge on any atom is 0.342 e. The molecule has 0 aliphatic carbocycles. The number of rotatable bonds is 7. The molecule has 29 heavy (non-hydrogen) atoms. The summed E-state index contributed by atoms with van der Waals surface area (Å²) in [5.74, 6) is -0.675. The van der Waals surface area contributed by atoms with Gasteiger partial charge in [0.25, 0.3) is 5.91 Å². The van der Waals surface area contributed by atoms with Gasteiger partial charge >= 0.3 is 5.97 Å². The number of carbonyl (C=O) groups is 2. The van der Waals surface area contributed by atoms with Crippen LogP contribution in [-0.4, -0.2) is 39.3 Å². The van der Waals surface area contributed by atoms with E-state index in [0.717, 1.165) is 0 Å². The number of nitrogens with one attached hydrogen (secondary N) is 1. The van der Waals surface area contributed by atoms with Gasteiger partial charge in [-0.1, -0.05) is 34.8 Å². The third kappa shape index (κ3) is 5.18. The van der Waals surface area contributed by atoms with Gasteiger partial charge < -0.3 is 24.3 Å². The molecule has 0 aliphatic heterocycles. The van der Waals surface area contributed by atoms with Gasteiger partial charge in [0.15, 0.2) is 17.6 Å². The zero-order valence-electron chi connectivity index (χ0n) is 16.0. The van der Waals surface area contributed by atoms with Gasteiger partial charge in [-0.25, -0.2) is 4.79 Å². The van der Waals surface area contributed by atoms with Crippen molar-refractivity contribution in [1.82, 2.24) is 0 Å². The van der Waals surface area contributed by atoms with Crippen LogP contribution in [0, 0.1) is 0 Å². The van der Waals surface area contributed by atoms with Crippen molar-refractivity contribution in [3.8, 4) is 17.2 Å². The molecule has 2 rings (SSSR count). The molecule has 0 spiro atoms. The molecule has 0 heterocycles. The monoisotopic (exact) mass is 461 g/mol. The first kappa shape index (κ1) is 22.9. The summed E-state index contributed by atoms with van der Waals surface area (Å²) in [6, 6.07) is 5.77. The largest absolute Gasteiger partial charge is 0.493 e. The molecule has 1 unspecified atom stereocenters. The summed E-state index contributed by atoms with van der Waals surface area (Å²) in [5.41, 5.74) is 0.301. The van der Waals surface area contributed by atoms with E-state index in [1.165, 1.54) is 52.5 Å². The van der Waals surface area contributed by atoms with Crippen LogP contribution in [0.1, 0.15) is 17.3 Å². The first-order valence-electron chi connectivity index (χ1n) is 8.18. The Kier molecular flexibility index (Phi) is 7.84. The molecule has 0 fully saturated rings. The van der Waals surface area contributed by atoms with Crippen LogP contribution in [0.4, 0.5) is 5.69 Å². The Balaban J connectivity index is 2.18. The average molecular weight is 463 g/mol. The summed E-state index contributed by atoms with van der Waals surface area (Å²) in [6.45, 7) is 1.41. The lowest BCUT2D eigenvalue weighted by Gasteiger charge is -2.17. The SMILES string of the molecule is COc1ccc(C(=O)OC(C)C(=O)Nc2cc(Cl)c(Cl)cc2Cl)c(OC)c1OC. The number of benzene rings is 2. The fourth-order valence-corrected chi connectivity index (χ4v) is 2.99. The van der Waals surface area contributed by atoms with Gasteiger partial charge in [0.1, 0.15) is 5.56 Å².